The van der Waals surface area contributed by atoms with E-state index in [0.29, 0.717) is 18.4 Å². The van der Waals surface area contributed by atoms with E-state index < -0.39 is 12.1 Å². The highest BCUT2D eigenvalue weighted by Crippen LogP contribution is 2.29. The van der Waals surface area contributed by atoms with Gasteiger partial charge in [0.1, 0.15) is 13.2 Å². The highest BCUT2D eigenvalue weighted by molar-refractivity contribution is 5.81. The van der Waals surface area contributed by atoms with Gasteiger partial charge in [-0.1, -0.05) is 46.7 Å². The van der Waals surface area contributed by atoms with Gasteiger partial charge in [-0.05, 0) is 37.5 Å². The molecule has 0 spiro atoms. The summed E-state index contributed by atoms with van der Waals surface area (Å²) in [6.07, 6.45) is 10.3. The van der Waals surface area contributed by atoms with Crippen LogP contribution in [0.1, 0.15) is 39.5 Å². The minimum atomic E-state index is -0.518. The maximum atomic E-state index is 10.9. The molecule has 1 aliphatic rings. The zero-order chi connectivity index (χ0) is 24.6. The predicted molar refractivity (Wildman–Crippen MR) is 126 cm³/mol. The molecule has 1 fully saturated rings. The molecule has 182 valence electrons. The van der Waals surface area contributed by atoms with Crippen molar-refractivity contribution in [3.8, 4) is 0 Å². The summed E-state index contributed by atoms with van der Waals surface area (Å²) in [7, 11) is 0. The van der Waals surface area contributed by atoms with Crippen LogP contribution in [0.5, 0.6) is 0 Å². The molecule has 0 amide bonds. The van der Waals surface area contributed by atoms with Crippen molar-refractivity contribution in [3.63, 3.8) is 0 Å². The summed E-state index contributed by atoms with van der Waals surface area (Å²) in [5, 5.41) is 0. The Morgan fingerprint density at radius 1 is 0.750 bits per heavy atom. The zero-order valence-electron chi connectivity index (χ0n) is 19.7. The van der Waals surface area contributed by atoms with E-state index in [-0.39, 0.29) is 19.2 Å². The van der Waals surface area contributed by atoms with E-state index >= 15 is 0 Å². The topological polar surface area (TPSA) is 80.3 Å². The highest BCUT2D eigenvalue weighted by Gasteiger charge is 2.22. The third-order valence-electron chi connectivity index (χ3n) is 4.29. The third-order valence-corrected chi connectivity index (χ3v) is 4.29. The molecule has 0 radical (unpaired) electrons. The summed E-state index contributed by atoms with van der Waals surface area (Å²) in [5.74, 6) is 0.292. The first-order valence-electron chi connectivity index (χ1n) is 10.8. The predicted octanol–water partition coefficient (Wildman–Crippen LogP) is 5.11. The maximum absolute atomic E-state index is 10.9. The lowest BCUT2D eigenvalue weighted by atomic mass is 9.83. The molecular formula is C25H40O7. The second-order valence-corrected chi connectivity index (χ2v) is 6.48. The van der Waals surface area contributed by atoms with Crippen LogP contribution in [0.15, 0.2) is 63.8 Å². The lowest BCUT2D eigenvalue weighted by Gasteiger charge is -2.27. The van der Waals surface area contributed by atoms with Crippen molar-refractivity contribution >= 4 is 11.9 Å². The molecule has 1 rings (SSSR count). The summed E-state index contributed by atoms with van der Waals surface area (Å²) in [5.41, 5.74) is 0. The van der Waals surface area contributed by atoms with Crippen LogP contribution in [0.3, 0.4) is 0 Å². The first-order chi connectivity index (χ1) is 15.5. The van der Waals surface area contributed by atoms with Gasteiger partial charge in [-0.2, -0.15) is 0 Å². The standard InChI is InChI=1S/C13H20O3.C10H14O4.C2H6/c1-3-13(14)16-10-12-7-5-11(6-8-12)9-15-4-2;1-4-10(11)14-9(7-12-5-2)8-13-6-3;1-2/h3-4,11-12H,1-2,5-10H2;4-6,9H,1-3,7-8H2;1-2H3. The number of ether oxygens (including phenoxy) is 5. The minimum absolute atomic E-state index is 0.191. The van der Waals surface area contributed by atoms with Gasteiger partial charge in [0.25, 0.3) is 0 Å². The van der Waals surface area contributed by atoms with Crippen LogP contribution in [0.4, 0.5) is 0 Å². The molecule has 32 heavy (non-hydrogen) atoms. The Labute approximate surface area is 193 Å². The van der Waals surface area contributed by atoms with E-state index in [4.69, 9.17) is 23.7 Å². The molecule has 1 saturated carbocycles. The van der Waals surface area contributed by atoms with Gasteiger partial charge in [0.15, 0.2) is 6.10 Å². The Balaban J connectivity index is 0. The minimum Gasteiger partial charge on any atom is -0.502 e. The average Bonchev–Trinajstić information content (AvgIpc) is 2.84. The van der Waals surface area contributed by atoms with E-state index in [0.717, 1.165) is 38.4 Å². The zero-order valence-corrected chi connectivity index (χ0v) is 19.7. The summed E-state index contributed by atoms with van der Waals surface area (Å²) in [6, 6.07) is 0. The van der Waals surface area contributed by atoms with E-state index in [2.05, 4.69) is 32.9 Å². The van der Waals surface area contributed by atoms with Crippen LogP contribution in [-0.2, 0) is 33.3 Å². The second kappa shape index (κ2) is 22.7. The van der Waals surface area contributed by atoms with Crippen LogP contribution in [0.25, 0.3) is 0 Å². The number of hydrogen-bond acceptors (Lipinski definition) is 7. The first-order valence-corrected chi connectivity index (χ1v) is 10.8. The Morgan fingerprint density at radius 2 is 1.19 bits per heavy atom. The molecule has 0 aromatic heterocycles. The number of hydrogen-bond donors (Lipinski definition) is 0. The molecule has 0 aliphatic heterocycles. The van der Waals surface area contributed by atoms with Crippen LogP contribution in [0.2, 0.25) is 0 Å². The van der Waals surface area contributed by atoms with E-state index in [1.165, 1.54) is 24.9 Å². The monoisotopic (exact) mass is 452 g/mol. The molecule has 0 aromatic rings. The van der Waals surface area contributed by atoms with Crippen LogP contribution >= 0.6 is 0 Å². The molecule has 0 atom stereocenters. The van der Waals surface area contributed by atoms with Crippen molar-refractivity contribution in [2.24, 2.45) is 11.8 Å². The Kier molecular flexibility index (Phi) is 22.2. The summed E-state index contributed by atoms with van der Waals surface area (Å²) in [4.78, 5) is 21.7. The normalized spacial score (nSPS) is 16.3. The quantitative estimate of drug-likeness (QED) is 0.206. The lowest BCUT2D eigenvalue weighted by Crippen LogP contribution is -2.26. The van der Waals surface area contributed by atoms with E-state index in [1.807, 2.05) is 13.8 Å². The third kappa shape index (κ3) is 17.9. The van der Waals surface area contributed by atoms with Gasteiger partial charge < -0.3 is 23.7 Å². The van der Waals surface area contributed by atoms with Gasteiger partial charge in [-0.25, -0.2) is 9.59 Å². The largest absolute Gasteiger partial charge is 0.502 e. The van der Waals surface area contributed by atoms with Crippen molar-refractivity contribution in [3.05, 3.63) is 63.8 Å². The molecule has 0 saturated heterocycles. The fourth-order valence-corrected chi connectivity index (χ4v) is 2.71. The van der Waals surface area contributed by atoms with Gasteiger partial charge in [0.05, 0.1) is 32.0 Å². The van der Waals surface area contributed by atoms with Gasteiger partial charge in [0, 0.05) is 12.2 Å². The fourth-order valence-electron chi connectivity index (χ4n) is 2.71. The van der Waals surface area contributed by atoms with Gasteiger partial charge in [-0.15, -0.1) is 0 Å². The van der Waals surface area contributed by atoms with Crippen molar-refractivity contribution in [1.29, 1.82) is 0 Å². The smallest absolute Gasteiger partial charge is 0.330 e. The first kappa shape index (κ1) is 31.2. The second-order valence-electron chi connectivity index (χ2n) is 6.48. The van der Waals surface area contributed by atoms with Crippen molar-refractivity contribution in [1.82, 2.24) is 0 Å². The van der Waals surface area contributed by atoms with Crippen LogP contribution in [0, 0.1) is 11.8 Å². The Bertz CT molecular complexity index is 536. The summed E-state index contributed by atoms with van der Waals surface area (Å²) >= 11 is 0. The van der Waals surface area contributed by atoms with Crippen LogP contribution < -0.4 is 0 Å². The van der Waals surface area contributed by atoms with E-state index in [9.17, 15) is 9.59 Å². The molecule has 0 heterocycles. The molecular weight excluding hydrogens is 412 g/mol. The number of esters is 2. The summed E-state index contributed by atoms with van der Waals surface area (Å²) < 4.78 is 24.9. The van der Waals surface area contributed by atoms with Gasteiger partial charge in [0.2, 0.25) is 0 Å². The molecule has 7 nitrogen and oxygen atoms in total. The van der Waals surface area contributed by atoms with Crippen molar-refractivity contribution in [2.45, 2.75) is 45.6 Å². The SMILES string of the molecule is C=COCC(COC=C)OC(=O)C=C.C=COCC1CCC(COC(=O)C=C)CC1.CC. The number of carbonyl (C=O) groups is 2. The van der Waals surface area contributed by atoms with Gasteiger partial charge >= 0.3 is 11.9 Å². The van der Waals surface area contributed by atoms with Crippen molar-refractivity contribution < 1.29 is 33.3 Å². The Morgan fingerprint density at radius 3 is 1.59 bits per heavy atom. The van der Waals surface area contributed by atoms with Gasteiger partial charge in [-0.3, -0.25) is 0 Å². The maximum Gasteiger partial charge on any atom is 0.330 e. The van der Waals surface area contributed by atoms with Crippen molar-refractivity contribution in [2.75, 3.05) is 26.4 Å². The molecule has 7 heteroatoms. The number of rotatable bonds is 14. The average molecular weight is 453 g/mol. The Hall–Kier alpha value is -2.96. The molecule has 0 bridgehead atoms. The fraction of sp³-hybridized carbons (Fsp3) is 0.520. The summed E-state index contributed by atoms with van der Waals surface area (Å²) in [6.45, 7) is 22.6. The highest BCUT2D eigenvalue weighted by atomic mass is 16.6. The molecule has 0 unspecified atom stereocenters. The lowest BCUT2D eigenvalue weighted by molar-refractivity contribution is -0.147. The van der Waals surface area contributed by atoms with E-state index in [1.54, 1.807) is 0 Å². The number of carbonyl (C=O) groups excluding carboxylic acids is 2. The molecule has 0 aromatic carbocycles. The van der Waals surface area contributed by atoms with Crippen LogP contribution in [-0.4, -0.2) is 44.5 Å². The molecule has 1 aliphatic carbocycles. The molecule has 0 N–H and O–H groups in total.